The van der Waals surface area contributed by atoms with Gasteiger partial charge >= 0.3 is 0 Å². The second-order valence-corrected chi connectivity index (χ2v) is 5.91. The molecule has 0 aliphatic heterocycles. The molecule has 2 nitrogen and oxygen atoms in total. The Morgan fingerprint density at radius 2 is 1.76 bits per heavy atom. The summed E-state index contributed by atoms with van der Waals surface area (Å²) in [5.74, 6) is 0.657. The molecule has 1 N–H and O–H groups in total. The van der Waals surface area contributed by atoms with Crippen LogP contribution in [0.2, 0.25) is 10.0 Å². The van der Waals surface area contributed by atoms with Gasteiger partial charge < -0.3 is 9.64 Å². The van der Waals surface area contributed by atoms with Gasteiger partial charge in [0.25, 0.3) is 0 Å². The highest BCUT2D eigenvalue weighted by Crippen LogP contribution is 2.31. The van der Waals surface area contributed by atoms with Gasteiger partial charge in [0, 0.05) is 12.0 Å². The van der Waals surface area contributed by atoms with Crippen molar-refractivity contribution in [1.82, 2.24) is 0 Å². The molecular weight excluding hydrogens is 305 g/mol. The lowest BCUT2D eigenvalue weighted by molar-refractivity contribution is -0.894. The Hall–Kier alpha value is -1.22. The molecule has 2 aromatic carbocycles. The maximum absolute atomic E-state index is 6.08. The van der Waals surface area contributed by atoms with Gasteiger partial charge in [-0.2, -0.15) is 0 Å². The van der Waals surface area contributed by atoms with Gasteiger partial charge in [0.2, 0.25) is 0 Å². The minimum atomic E-state index is 0.490. The SMILES string of the molecule is C[NH+](CCCOc1cccc(Cl)c1Cl)Cc1ccccc1. The maximum Gasteiger partial charge on any atom is 0.139 e. The first-order valence-electron chi connectivity index (χ1n) is 7.09. The third kappa shape index (κ3) is 5.24. The van der Waals surface area contributed by atoms with Crippen LogP contribution < -0.4 is 9.64 Å². The van der Waals surface area contributed by atoms with Crippen molar-refractivity contribution in [2.24, 2.45) is 0 Å². The molecule has 0 amide bonds. The van der Waals surface area contributed by atoms with E-state index in [0.717, 1.165) is 19.5 Å². The molecule has 0 heterocycles. The summed E-state index contributed by atoms with van der Waals surface area (Å²) in [7, 11) is 2.19. The molecule has 2 aromatic rings. The van der Waals surface area contributed by atoms with Crippen molar-refractivity contribution >= 4 is 23.2 Å². The number of halogens is 2. The van der Waals surface area contributed by atoms with Crippen LogP contribution in [0, 0.1) is 0 Å². The van der Waals surface area contributed by atoms with Crippen molar-refractivity contribution in [3.8, 4) is 5.75 Å². The van der Waals surface area contributed by atoms with E-state index in [0.29, 0.717) is 22.4 Å². The Morgan fingerprint density at radius 1 is 1.00 bits per heavy atom. The molecule has 0 saturated heterocycles. The van der Waals surface area contributed by atoms with Gasteiger partial charge in [0.15, 0.2) is 0 Å². The normalized spacial score (nSPS) is 12.1. The number of rotatable bonds is 7. The van der Waals surface area contributed by atoms with E-state index in [1.54, 1.807) is 6.07 Å². The molecule has 21 heavy (non-hydrogen) atoms. The highest BCUT2D eigenvalue weighted by Gasteiger charge is 2.06. The van der Waals surface area contributed by atoms with Crippen LogP contribution in [0.15, 0.2) is 48.5 Å². The van der Waals surface area contributed by atoms with Gasteiger partial charge in [-0.25, -0.2) is 0 Å². The molecule has 4 heteroatoms. The van der Waals surface area contributed by atoms with Gasteiger partial charge in [0.1, 0.15) is 17.3 Å². The Morgan fingerprint density at radius 3 is 2.52 bits per heavy atom. The Balaban J connectivity index is 1.71. The van der Waals surface area contributed by atoms with Gasteiger partial charge in [-0.15, -0.1) is 0 Å². The molecule has 0 bridgehead atoms. The molecule has 0 fully saturated rings. The summed E-state index contributed by atoms with van der Waals surface area (Å²) in [4.78, 5) is 1.46. The van der Waals surface area contributed by atoms with E-state index in [4.69, 9.17) is 27.9 Å². The van der Waals surface area contributed by atoms with Crippen LogP contribution in [0.25, 0.3) is 0 Å². The van der Waals surface area contributed by atoms with E-state index in [2.05, 4.69) is 31.3 Å². The fourth-order valence-electron chi connectivity index (χ4n) is 2.18. The molecule has 0 spiro atoms. The van der Waals surface area contributed by atoms with Crippen LogP contribution >= 0.6 is 23.2 Å². The number of nitrogens with one attached hydrogen (secondary N) is 1. The lowest BCUT2D eigenvalue weighted by atomic mass is 10.2. The van der Waals surface area contributed by atoms with Crippen LogP contribution in [-0.2, 0) is 6.54 Å². The fraction of sp³-hybridized carbons (Fsp3) is 0.294. The first kappa shape index (κ1) is 16.2. The monoisotopic (exact) mass is 324 g/mol. The van der Waals surface area contributed by atoms with Gasteiger partial charge in [-0.1, -0.05) is 59.6 Å². The minimum absolute atomic E-state index is 0.490. The number of hydrogen-bond donors (Lipinski definition) is 1. The summed E-state index contributed by atoms with van der Waals surface area (Å²) < 4.78 is 5.69. The van der Waals surface area contributed by atoms with E-state index >= 15 is 0 Å². The zero-order chi connectivity index (χ0) is 15.1. The Bertz CT molecular complexity index is 560. The molecule has 2 rings (SSSR count). The van der Waals surface area contributed by atoms with Gasteiger partial charge in [-0.3, -0.25) is 0 Å². The molecule has 112 valence electrons. The number of hydrogen-bond acceptors (Lipinski definition) is 1. The largest absolute Gasteiger partial charge is 0.492 e. The third-order valence-corrected chi connectivity index (χ3v) is 4.07. The number of quaternary nitrogens is 1. The Labute approximate surface area is 136 Å². The lowest BCUT2D eigenvalue weighted by Crippen LogP contribution is -3.07. The first-order valence-corrected chi connectivity index (χ1v) is 7.84. The number of benzene rings is 2. The summed E-state index contributed by atoms with van der Waals surface area (Å²) >= 11 is 12.0. The van der Waals surface area contributed by atoms with Crippen molar-refractivity contribution in [1.29, 1.82) is 0 Å². The van der Waals surface area contributed by atoms with E-state index in [1.165, 1.54) is 10.5 Å². The van der Waals surface area contributed by atoms with Crippen LogP contribution in [0.4, 0.5) is 0 Å². The van der Waals surface area contributed by atoms with E-state index in [1.807, 2.05) is 18.2 Å². The average Bonchev–Trinajstić information content (AvgIpc) is 2.49. The van der Waals surface area contributed by atoms with Crippen molar-refractivity contribution in [2.75, 3.05) is 20.2 Å². The molecule has 0 aromatic heterocycles. The number of ether oxygens (including phenoxy) is 1. The zero-order valence-corrected chi connectivity index (χ0v) is 13.6. The summed E-state index contributed by atoms with van der Waals surface area (Å²) in [5.41, 5.74) is 1.36. The van der Waals surface area contributed by atoms with E-state index in [-0.39, 0.29) is 0 Å². The van der Waals surface area contributed by atoms with Crippen molar-refractivity contribution < 1.29 is 9.64 Å². The molecule has 1 atom stereocenters. The smallest absolute Gasteiger partial charge is 0.139 e. The fourth-order valence-corrected chi connectivity index (χ4v) is 2.53. The van der Waals surface area contributed by atoms with Crippen LogP contribution in [-0.4, -0.2) is 20.2 Å². The summed E-state index contributed by atoms with van der Waals surface area (Å²) in [5, 5.41) is 1.02. The molecule has 0 aliphatic rings. The van der Waals surface area contributed by atoms with Crippen LogP contribution in [0.3, 0.4) is 0 Å². The molecule has 0 aliphatic carbocycles. The predicted molar refractivity (Wildman–Crippen MR) is 88.5 cm³/mol. The molecule has 1 unspecified atom stereocenters. The summed E-state index contributed by atoms with van der Waals surface area (Å²) in [6.45, 7) is 2.72. The summed E-state index contributed by atoms with van der Waals surface area (Å²) in [6, 6.07) is 16.0. The lowest BCUT2D eigenvalue weighted by Gasteiger charge is -2.14. The maximum atomic E-state index is 6.08. The second kappa shape index (κ2) is 8.28. The summed E-state index contributed by atoms with van der Waals surface area (Å²) in [6.07, 6.45) is 0.974. The van der Waals surface area contributed by atoms with Crippen LogP contribution in [0.5, 0.6) is 5.75 Å². The predicted octanol–water partition coefficient (Wildman–Crippen LogP) is 3.48. The molecule has 0 saturated carbocycles. The quantitative estimate of drug-likeness (QED) is 0.770. The van der Waals surface area contributed by atoms with Crippen molar-refractivity contribution in [3.05, 3.63) is 64.1 Å². The minimum Gasteiger partial charge on any atom is -0.492 e. The van der Waals surface area contributed by atoms with E-state index in [9.17, 15) is 0 Å². The van der Waals surface area contributed by atoms with Crippen LogP contribution in [0.1, 0.15) is 12.0 Å². The standard InChI is InChI=1S/C17H19Cl2NO/c1-20(13-14-7-3-2-4-8-14)11-6-12-21-16-10-5-9-15(18)17(16)19/h2-5,7-10H,6,11-13H2,1H3/p+1. The zero-order valence-electron chi connectivity index (χ0n) is 12.1. The topological polar surface area (TPSA) is 13.7 Å². The van der Waals surface area contributed by atoms with Crippen molar-refractivity contribution in [3.63, 3.8) is 0 Å². The highest BCUT2D eigenvalue weighted by atomic mass is 35.5. The van der Waals surface area contributed by atoms with Gasteiger partial charge in [-0.05, 0) is 12.1 Å². The third-order valence-electron chi connectivity index (χ3n) is 3.27. The molecule has 0 radical (unpaired) electrons. The highest BCUT2D eigenvalue weighted by molar-refractivity contribution is 6.42. The Kier molecular flexibility index (Phi) is 6.37. The van der Waals surface area contributed by atoms with Gasteiger partial charge in [0.05, 0.1) is 25.2 Å². The average molecular weight is 325 g/mol. The second-order valence-electron chi connectivity index (χ2n) is 5.12. The first-order chi connectivity index (χ1) is 10.2. The van der Waals surface area contributed by atoms with E-state index < -0.39 is 0 Å². The molecular formula is C17H20Cl2NO+. The van der Waals surface area contributed by atoms with Crippen molar-refractivity contribution in [2.45, 2.75) is 13.0 Å².